The molecule has 0 radical (unpaired) electrons. The standard InChI is InChI=1S/C11H8FNO4/c1-5-2-9(14)6(3-7(5)12)8-4-10(11(15)16)17-13-8/h2-4,14H,1H3,(H,15,16). The van der Waals surface area contributed by atoms with Gasteiger partial charge >= 0.3 is 5.97 Å². The number of benzene rings is 1. The molecule has 2 rings (SSSR count). The van der Waals surface area contributed by atoms with Crippen LogP contribution in [0.1, 0.15) is 16.1 Å². The first-order valence-corrected chi connectivity index (χ1v) is 4.68. The van der Waals surface area contributed by atoms with Crippen LogP contribution in [0.4, 0.5) is 4.39 Å². The van der Waals surface area contributed by atoms with Crippen LogP contribution in [0.25, 0.3) is 11.3 Å². The summed E-state index contributed by atoms with van der Waals surface area (Å²) >= 11 is 0. The van der Waals surface area contributed by atoms with Crippen molar-refractivity contribution in [2.75, 3.05) is 0 Å². The molecule has 2 aromatic rings. The summed E-state index contributed by atoms with van der Waals surface area (Å²) in [4.78, 5) is 10.6. The molecule has 5 nitrogen and oxygen atoms in total. The number of rotatable bonds is 2. The van der Waals surface area contributed by atoms with E-state index in [1.807, 2.05) is 0 Å². The largest absolute Gasteiger partial charge is 0.507 e. The minimum Gasteiger partial charge on any atom is -0.507 e. The third kappa shape index (κ3) is 1.96. The zero-order valence-electron chi connectivity index (χ0n) is 8.77. The molecule has 2 N–H and O–H groups in total. The maximum Gasteiger partial charge on any atom is 0.374 e. The first-order chi connectivity index (χ1) is 7.99. The third-order valence-electron chi connectivity index (χ3n) is 2.27. The number of phenols is 1. The minimum absolute atomic E-state index is 0.0683. The molecule has 88 valence electrons. The highest BCUT2D eigenvalue weighted by molar-refractivity contribution is 5.86. The number of hydrogen-bond donors (Lipinski definition) is 2. The molecular weight excluding hydrogens is 229 g/mol. The molecule has 0 aliphatic heterocycles. The van der Waals surface area contributed by atoms with Crippen LogP contribution in [0, 0.1) is 12.7 Å². The van der Waals surface area contributed by atoms with Crippen LogP contribution < -0.4 is 0 Å². The predicted octanol–water partition coefficient (Wildman–Crippen LogP) is 2.19. The van der Waals surface area contributed by atoms with Crippen LogP contribution in [0.3, 0.4) is 0 Å². The second-order valence-corrected chi connectivity index (χ2v) is 3.50. The number of aromatic nitrogens is 1. The van der Waals surface area contributed by atoms with Gasteiger partial charge in [0.05, 0.1) is 0 Å². The van der Waals surface area contributed by atoms with Crippen LogP contribution in [0.15, 0.2) is 22.7 Å². The molecule has 0 atom stereocenters. The smallest absolute Gasteiger partial charge is 0.374 e. The molecule has 6 heteroatoms. The lowest BCUT2D eigenvalue weighted by Gasteiger charge is -2.02. The van der Waals surface area contributed by atoms with E-state index in [-0.39, 0.29) is 28.3 Å². The van der Waals surface area contributed by atoms with E-state index in [9.17, 15) is 14.3 Å². The Morgan fingerprint density at radius 1 is 1.41 bits per heavy atom. The van der Waals surface area contributed by atoms with Gasteiger partial charge in [-0.25, -0.2) is 9.18 Å². The monoisotopic (exact) mass is 237 g/mol. The number of carbonyl (C=O) groups is 1. The lowest BCUT2D eigenvalue weighted by molar-refractivity contribution is 0.0652. The van der Waals surface area contributed by atoms with E-state index in [0.29, 0.717) is 0 Å². The first kappa shape index (κ1) is 11.1. The molecule has 1 aromatic heterocycles. The summed E-state index contributed by atoms with van der Waals surface area (Å²) in [6.45, 7) is 1.50. The van der Waals surface area contributed by atoms with Crippen LogP contribution in [-0.4, -0.2) is 21.3 Å². The van der Waals surface area contributed by atoms with Crippen molar-refractivity contribution in [2.24, 2.45) is 0 Å². The van der Waals surface area contributed by atoms with Gasteiger partial charge in [0, 0.05) is 11.6 Å². The van der Waals surface area contributed by atoms with Gasteiger partial charge in [-0.3, -0.25) is 0 Å². The van der Waals surface area contributed by atoms with E-state index < -0.39 is 11.8 Å². The molecule has 0 spiro atoms. The van der Waals surface area contributed by atoms with Gasteiger partial charge in [0.2, 0.25) is 5.76 Å². The highest BCUT2D eigenvalue weighted by Gasteiger charge is 2.16. The lowest BCUT2D eigenvalue weighted by Crippen LogP contribution is -1.91. The number of aryl methyl sites for hydroxylation is 1. The fourth-order valence-corrected chi connectivity index (χ4v) is 1.37. The Labute approximate surface area is 95.1 Å². The second kappa shape index (κ2) is 3.89. The van der Waals surface area contributed by atoms with Gasteiger partial charge in [-0.05, 0) is 24.6 Å². The highest BCUT2D eigenvalue weighted by Crippen LogP contribution is 2.30. The van der Waals surface area contributed by atoms with Gasteiger partial charge in [0.15, 0.2) is 0 Å². The number of hydrogen-bond acceptors (Lipinski definition) is 4. The summed E-state index contributed by atoms with van der Waals surface area (Å²) in [5.74, 6) is -2.36. The molecule has 17 heavy (non-hydrogen) atoms. The van der Waals surface area contributed by atoms with Gasteiger partial charge in [-0.2, -0.15) is 0 Å². The Morgan fingerprint density at radius 2 is 2.12 bits per heavy atom. The number of nitrogens with zero attached hydrogens (tertiary/aromatic N) is 1. The Hall–Kier alpha value is -2.37. The SMILES string of the molecule is Cc1cc(O)c(-c2cc(C(=O)O)on2)cc1F. The topological polar surface area (TPSA) is 83.6 Å². The van der Waals surface area contributed by atoms with Crippen LogP contribution in [0.5, 0.6) is 5.75 Å². The molecule has 0 bridgehead atoms. The molecule has 0 saturated heterocycles. The van der Waals surface area contributed by atoms with Gasteiger partial charge in [0.1, 0.15) is 17.3 Å². The van der Waals surface area contributed by atoms with E-state index >= 15 is 0 Å². The van der Waals surface area contributed by atoms with Crippen molar-refractivity contribution in [2.45, 2.75) is 6.92 Å². The quantitative estimate of drug-likeness (QED) is 0.836. The Kier molecular flexibility index (Phi) is 2.55. The van der Waals surface area contributed by atoms with E-state index in [1.165, 1.54) is 13.0 Å². The second-order valence-electron chi connectivity index (χ2n) is 3.50. The summed E-state index contributed by atoms with van der Waals surface area (Å²) in [7, 11) is 0. The maximum absolute atomic E-state index is 13.3. The average molecular weight is 237 g/mol. The van der Waals surface area contributed by atoms with E-state index in [4.69, 9.17) is 5.11 Å². The molecule has 0 unspecified atom stereocenters. The van der Waals surface area contributed by atoms with Gasteiger partial charge in [-0.15, -0.1) is 0 Å². The molecule has 0 amide bonds. The Bertz CT molecular complexity index is 591. The number of aromatic carboxylic acids is 1. The van der Waals surface area contributed by atoms with Crippen molar-refractivity contribution in [3.05, 3.63) is 35.3 Å². The van der Waals surface area contributed by atoms with Crippen molar-refractivity contribution < 1.29 is 23.9 Å². The lowest BCUT2D eigenvalue weighted by atomic mass is 10.1. The predicted molar refractivity (Wildman–Crippen MR) is 55.3 cm³/mol. The number of phenolic OH excluding ortho intramolecular Hbond substituents is 1. The van der Waals surface area contributed by atoms with E-state index in [2.05, 4.69) is 9.68 Å². The van der Waals surface area contributed by atoms with Crippen molar-refractivity contribution in [3.8, 4) is 17.0 Å². The molecule has 0 aliphatic carbocycles. The first-order valence-electron chi connectivity index (χ1n) is 4.68. The van der Waals surface area contributed by atoms with Crippen molar-refractivity contribution >= 4 is 5.97 Å². The molecule has 0 fully saturated rings. The molecule has 1 aromatic carbocycles. The van der Waals surface area contributed by atoms with Crippen LogP contribution in [-0.2, 0) is 0 Å². The summed E-state index contributed by atoms with van der Waals surface area (Å²) in [6, 6.07) is 3.43. The Balaban J connectivity index is 2.52. The van der Waals surface area contributed by atoms with Gasteiger partial charge < -0.3 is 14.7 Å². The molecule has 0 aliphatic rings. The van der Waals surface area contributed by atoms with E-state index in [0.717, 1.165) is 12.1 Å². The number of halogens is 1. The average Bonchev–Trinajstić information content (AvgIpc) is 2.72. The van der Waals surface area contributed by atoms with Crippen LogP contribution in [0.2, 0.25) is 0 Å². The molecular formula is C11H8FNO4. The summed E-state index contributed by atoms with van der Waals surface area (Å²) in [5.41, 5.74) is 0.441. The van der Waals surface area contributed by atoms with Gasteiger partial charge in [-0.1, -0.05) is 5.16 Å². The number of carboxylic acids is 1. The maximum atomic E-state index is 13.3. The van der Waals surface area contributed by atoms with Crippen molar-refractivity contribution in [3.63, 3.8) is 0 Å². The van der Waals surface area contributed by atoms with Gasteiger partial charge in [0.25, 0.3) is 0 Å². The zero-order chi connectivity index (χ0) is 12.6. The zero-order valence-corrected chi connectivity index (χ0v) is 8.77. The highest BCUT2D eigenvalue weighted by atomic mass is 19.1. The third-order valence-corrected chi connectivity index (χ3v) is 2.27. The summed E-state index contributed by atoms with van der Waals surface area (Å²) in [5, 5.41) is 21.7. The number of carboxylic acid groups (broad SMARTS) is 1. The van der Waals surface area contributed by atoms with Crippen molar-refractivity contribution in [1.82, 2.24) is 5.16 Å². The molecule has 1 heterocycles. The minimum atomic E-state index is -1.28. The molecule has 0 saturated carbocycles. The van der Waals surface area contributed by atoms with Crippen molar-refractivity contribution in [1.29, 1.82) is 0 Å². The fraction of sp³-hybridized carbons (Fsp3) is 0.0909. The van der Waals surface area contributed by atoms with E-state index in [1.54, 1.807) is 0 Å². The summed E-state index contributed by atoms with van der Waals surface area (Å²) < 4.78 is 17.8. The summed E-state index contributed by atoms with van der Waals surface area (Å²) in [6.07, 6.45) is 0. The fourth-order valence-electron chi connectivity index (χ4n) is 1.37. The van der Waals surface area contributed by atoms with Crippen LogP contribution >= 0.6 is 0 Å². The number of aromatic hydroxyl groups is 1. The normalized spacial score (nSPS) is 10.5. The Morgan fingerprint density at radius 3 is 2.71 bits per heavy atom.